The third-order valence-corrected chi connectivity index (χ3v) is 3.35. The van der Waals surface area contributed by atoms with Crippen molar-refractivity contribution in [1.29, 1.82) is 0 Å². The van der Waals surface area contributed by atoms with Gasteiger partial charge in [-0.2, -0.15) is 4.98 Å². The molecule has 0 amide bonds. The van der Waals surface area contributed by atoms with Crippen LogP contribution in [0.4, 0.5) is 0 Å². The van der Waals surface area contributed by atoms with Gasteiger partial charge in [0, 0.05) is 27.1 Å². The number of nitrogens with one attached hydrogen (secondary N) is 1. The molecule has 0 bridgehead atoms. The van der Waals surface area contributed by atoms with Crippen LogP contribution in [0.25, 0.3) is 0 Å². The number of ether oxygens (including phenoxy) is 2. The Bertz CT molecular complexity index is 574. The molecule has 0 aliphatic carbocycles. The van der Waals surface area contributed by atoms with Crippen LogP contribution in [0, 0.1) is 6.92 Å². The molecule has 0 saturated heterocycles. The van der Waals surface area contributed by atoms with Crippen LogP contribution < -0.4 is 10.1 Å². The average Bonchev–Trinajstić information content (AvgIpc) is 2.88. The van der Waals surface area contributed by atoms with E-state index in [-0.39, 0.29) is 6.61 Å². The summed E-state index contributed by atoms with van der Waals surface area (Å²) in [6.45, 7) is 4.33. The van der Waals surface area contributed by atoms with Crippen LogP contribution in [0.5, 0.6) is 5.75 Å². The SMILES string of the molecule is COCCNCc1ccc(OCc2noc(C)n2)c(Br)c1. The molecule has 21 heavy (non-hydrogen) atoms. The Morgan fingerprint density at radius 2 is 2.24 bits per heavy atom. The molecule has 1 aromatic carbocycles. The number of aromatic nitrogens is 2. The number of aryl methyl sites for hydroxylation is 1. The first-order chi connectivity index (χ1) is 10.2. The minimum atomic E-state index is 0.279. The zero-order valence-corrected chi connectivity index (χ0v) is 13.6. The highest BCUT2D eigenvalue weighted by Gasteiger charge is 2.06. The number of nitrogens with zero attached hydrogens (tertiary/aromatic N) is 2. The fraction of sp³-hybridized carbons (Fsp3) is 0.429. The zero-order valence-electron chi connectivity index (χ0n) is 12.1. The molecule has 0 radical (unpaired) electrons. The highest BCUT2D eigenvalue weighted by Crippen LogP contribution is 2.26. The van der Waals surface area contributed by atoms with Gasteiger partial charge in [0.25, 0.3) is 0 Å². The maximum absolute atomic E-state index is 5.66. The fourth-order valence-corrected chi connectivity index (χ4v) is 2.26. The number of hydrogen-bond acceptors (Lipinski definition) is 6. The molecular formula is C14H18BrN3O3. The average molecular weight is 356 g/mol. The van der Waals surface area contributed by atoms with Gasteiger partial charge in [0.05, 0.1) is 11.1 Å². The van der Waals surface area contributed by atoms with Crippen molar-refractivity contribution < 1.29 is 14.0 Å². The molecule has 1 N–H and O–H groups in total. The molecule has 0 aliphatic rings. The van der Waals surface area contributed by atoms with Gasteiger partial charge in [-0.05, 0) is 33.6 Å². The largest absolute Gasteiger partial charge is 0.484 e. The summed E-state index contributed by atoms with van der Waals surface area (Å²) >= 11 is 3.51. The molecule has 7 heteroatoms. The Hall–Kier alpha value is -1.44. The Morgan fingerprint density at radius 3 is 2.90 bits per heavy atom. The van der Waals surface area contributed by atoms with Gasteiger partial charge in [-0.25, -0.2) is 0 Å². The van der Waals surface area contributed by atoms with Crippen LogP contribution in [0.15, 0.2) is 27.2 Å². The molecule has 0 saturated carbocycles. The summed E-state index contributed by atoms with van der Waals surface area (Å²) in [7, 11) is 1.69. The van der Waals surface area contributed by atoms with Gasteiger partial charge >= 0.3 is 0 Å². The molecule has 2 aromatic rings. The van der Waals surface area contributed by atoms with Gasteiger partial charge in [0.1, 0.15) is 5.75 Å². The molecule has 1 aromatic heterocycles. The summed E-state index contributed by atoms with van der Waals surface area (Å²) in [5, 5.41) is 7.08. The van der Waals surface area contributed by atoms with Crippen molar-refractivity contribution in [3.05, 3.63) is 40.0 Å². The van der Waals surface area contributed by atoms with Crippen molar-refractivity contribution in [2.75, 3.05) is 20.3 Å². The van der Waals surface area contributed by atoms with Crippen molar-refractivity contribution in [3.8, 4) is 5.75 Å². The Morgan fingerprint density at radius 1 is 1.38 bits per heavy atom. The predicted octanol–water partition coefficient (Wildman–Crippen LogP) is 2.46. The summed E-state index contributed by atoms with van der Waals surface area (Å²) < 4.78 is 16.4. The summed E-state index contributed by atoms with van der Waals surface area (Å²) in [6, 6.07) is 5.96. The first-order valence-corrected chi connectivity index (χ1v) is 7.38. The van der Waals surface area contributed by atoms with Crippen LogP contribution in [-0.2, 0) is 17.9 Å². The molecular weight excluding hydrogens is 338 g/mol. The molecule has 2 rings (SSSR count). The number of methoxy groups -OCH3 is 1. The van der Waals surface area contributed by atoms with Gasteiger partial charge in [0.15, 0.2) is 6.61 Å². The van der Waals surface area contributed by atoms with E-state index in [9.17, 15) is 0 Å². The molecule has 6 nitrogen and oxygen atoms in total. The maximum atomic E-state index is 5.66. The highest BCUT2D eigenvalue weighted by atomic mass is 79.9. The predicted molar refractivity (Wildman–Crippen MR) is 81.1 cm³/mol. The van der Waals surface area contributed by atoms with E-state index >= 15 is 0 Å². The second-order valence-electron chi connectivity index (χ2n) is 4.45. The van der Waals surface area contributed by atoms with E-state index in [4.69, 9.17) is 14.0 Å². The Kier molecular flexibility index (Phi) is 6.16. The molecule has 0 atom stereocenters. The van der Waals surface area contributed by atoms with E-state index in [1.54, 1.807) is 14.0 Å². The maximum Gasteiger partial charge on any atom is 0.223 e. The zero-order chi connectivity index (χ0) is 15.1. The summed E-state index contributed by atoms with van der Waals surface area (Å²) in [5.41, 5.74) is 1.17. The highest BCUT2D eigenvalue weighted by molar-refractivity contribution is 9.10. The van der Waals surface area contributed by atoms with E-state index in [2.05, 4.69) is 31.4 Å². The molecule has 114 valence electrons. The van der Waals surface area contributed by atoms with Crippen LogP contribution >= 0.6 is 15.9 Å². The van der Waals surface area contributed by atoms with E-state index in [1.165, 1.54) is 5.56 Å². The molecule has 0 spiro atoms. The van der Waals surface area contributed by atoms with E-state index in [0.29, 0.717) is 18.3 Å². The Balaban J connectivity index is 1.86. The van der Waals surface area contributed by atoms with Gasteiger partial charge in [-0.3, -0.25) is 0 Å². The number of rotatable bonds is 8. The lowest BCUT2D eigenvalue weighted by Crippen LogP contribution is -2.18. The van der Waals surface area contributed by atoms with E-state index < -0.39 is 0 Å². The van der Waals surface area contributed by atoms with E-state index in [1.807, 2.05) is 18.2 Å². The lowest BCUT2D eigenvalue weighted by molar-refractivity contribution is 0.199. The van der Waals surface area contributed by atoms with Crippen LogP contribution in [0.2, 0.25) is 0 Å². The molecule has 0 fully saturated rings. The Labute approximate surface area is 132 Å². The third kappa shape index (κ3) is 5.11. The van der Waals surface area contributed by atoms with Crippen LogP contribution in [0.3, 0.4) is 0 Å². The smallest absolute Gasteiger partial charge is 0.223 e. The van der Waals surface area contributed by atoms with Crippen LogP contribution in [-0.4, -0.2) is 30.4 Å². The minimum absolute atomic E-state index is 0.279. The molecule has 1 heterocycles. The van der Waals surface area contributed by atoms with Crippen molar-refractivity contribution in [3.63, 3.8) is 0 Å². The number of benzene rings is 1. The van der Waals surface area contributed by atoms with Crippen molar-refractivity contribution in [1.82, 2.24) is 15.5 Å². The van der Waals surface area contributed by atoms with Gasteiger partial charge in [0.2, 0.25) is 11.7 Å². The number of hydrogen-bond donors (Lipinski definition) is 1. The molecule has 0 aliphatic heterocycles. The standard InChI is InChI=1S/C14H18BrN3O3/c1-10-17-14(18-21-10)9-20-13-4-3-11(7-12(13)15)8-16-5-6-19-2/h3-4,7,16H,5-6,8-9H2,1-2H3. The summed E-state index contributed by atoms with van der Waals surface area (Å²) in [6.07, 6.45) is 0. The monoisotopic (exact) mass is 355 g/mol. The van der Waals surface area contributed by atoms with Crippen molar-refractivity contribution in [2.24, 2.45) is 0 Å². The quantitative estimate of drug-likeness (QED) is 0.733. The summed E-state index contributed by atoms with van der Waals surface area (Å²) in [5.74, 6) is 1.81. The van der Waals surface area contributed by atoms with Gasteiger partial charge in [-0.15, -0.1) is 0 Å². The lowest BCUT2D eigenvalue weighted by atomic mass is 10.2. The van der Waals surface area contributed by atoms with E-state index in [0.717, 1.165) is 23.3 Å². The summed E-state index contributed by atoms with van der Waals surface area (Å²) in [4.78, 5) is 4.09. The number of halogens is 1. The van der Waals surface area contributed by atoms with Gasteiger partial charge in [-0.1, -0.05) is 11.2 Å². The first kappa shape index (κ1) is 15.9. The van der Waals surface area contributed by atoms with Crippen molar-refractivity contribution >= 4 is 15.9 Å². The van der Waals surface area contributed by atoms with Crippen molar-refractivity contribution in [2.45, 2.75) is 20.1 Å². The topological polar surface area (TPSA) is 69.4 Å². The second kappa shape index (κ2) is 8.11. The normalized spacial score (nSPS) is 10.8. The van der Waals surface area contributed by atoms with Gasteiger partial charge < -0.3 is 19.3 Å². The minimum Gasteiger partial charge on any atom is -0.484 e. The van der Waals surface area contributed by atoms with Crippen LogP contribution in [0.1, 0.15) is 17.3 Å². The third-order valence-electron chi connectivity index (χ3n) is 2.73. The molecule has 0 unspecified atom stereocenters. The fourth-order valence-electron chi connectivity index (χ4n) is 1.72. The second-order valence-corrected chi connectivity index (χ2v) is 5.31. The first-order valence-electron chi connectivity index (χ1n) is 6.59. The lowest BCUT2D eigenvalue weighted by Gasteiger charge is -2.09.